The molecule has 208 valence electrons. The van der Waals surface area contributed by atoms with Crippen molar-refractivity contribution in [2.75, 3.05) is 7.11 Å². The number of amides is 1. The molecule has 6 nitrogen and oxygen atoms in total. The van der Waals surface area contributed by atoms with E-state index in [4.69, 9.17) is 9.72 Å². The number of hydrogen-bond acceptors (Lipinski definition) is 4. The molecular weight excluding hydrogens is 510 g/mol. The van der Waals surface area contributed by atoms with E-state index < -0.39 is 6.04 Å². The number of benzene rings is 4. The molecule has 1 atom stereocenters. The van der Waals surface area contributed by atoms with Crippen molar-refractivity contribution in [1.29, 1.82) is 0 Å². The van der Waals surface area contributed by atoms with E-state index in [1.807, 2.05) is 104 Å². The summed E-state index contributed by atoms with van der Waals surface area (Å²) in [7, 11) is 1.61. The quantitative estimate of drug-likeness (QED) is 0.187. The normalized spacial score (nSPS) is 11.8. The Kier molecular flexibility index (Phi) is 8.59. The van der Waals surface area contributed by atoms with Gasteiger partial charge in [-0.15, -0.1) is 0 Å². The monoisotopic (exact) mass is 545 g/mol. The molecule has 1 heterocycles. The van der Waals surface area contributed by atoms with Crippen LogP contribution in [0.1, 0.15) is 60.0 Å². The Bertz CT molecular complexity index is 1680. The Hall–Kier alpha value is -4.71. The van der Waals surface area contributed by atoms with Crippen molar-refractivity contribution < 1.29 is 9.53 Å². The SMILES string of the molecule is CCCCc1ccc(C(=O)N(Cc2ccccc2)C(C)c2nc3ccccc3c(=O)n2-c2ccc(OC)cc2)cc1. The number of rotatable bonds is 10. The predicted octanol–water partition coefficient (Wildman–Crippen LogP) is 7.14. The van der Waals surface area contributed by atoms with Gasteiger partial charge in [0.25, 0.3) is 11.5 Å². The maximum Gasteiger partial charge on any atom is 0.266 e. The number of aromatic nitrogens is 2. The average molecular weight is 546 g/mol. The molecule has 0 saturated carbocycles. The molecule has 4 aromatic carbocycles. The van der Waals surface area contributed by atoms with Crippen molar-refractivity contribution in [3.05, 3.63) is 136 Å². The lowest BCUT2D eigenvalue weighted by Crippen LogP contribution is -2.37. The largest absolute Gasteiger partial charge is 0.497 e. The van der Waals surface area contributed by atoms with Gasteiger partial charge in [0.1, 0.15) is 11.6 Å². The summed E-state index contributed by atoms with van der Waals surface area (Å²) in [6.07, 6.45) is 3.23. The van der Waals surface area contributed by atoms with E-state index in [0.29, 0.717) is 40.3 Å². The summed E-state index contributed by atoms with van der Waals surface area (Å²) < 4.78 is 6.96. The smallest absolute Gasteiger partial charge is 0.266 e. The molecular formula is C35H35N3O3. The van der Waals surface area contributed by atoms with Crippen molar-refractivity contribution >= 4 is 16.8 Å². The second kappa shape index (κ2) is 12.6. The first-order chi connectivity index (χ1) is 20.0. The van der Waals surface area contributed by atoms with Crippen LogP contribution in [0, 0.1) is 0 Å². The van der Waals surface area contributed by atoms with Gasteiger partial charge in [-0.1, -0.05) is 67.9 Å². The first kappa shape index (κ1) is 27.8. The highest BCUT2D eigenvalue weighted by Gasteiger charge is 2.28. The molecule has 1 aromatic heterocycles. The second-order valence-electron chi connectivity index (χ2n) is 10.2. The molecule has 0 radical (unpaired) electrons. The zero-order valence-corrected chi connectivity index (χ0v) is 23.8. The molecule has 1 unspecified atom stereocenters. The molecule has 0 aliphatic rings. The fourth-order valence-corrected chi connectivity index (χ4v) is 5.08. The Morgan fingerprint density at radius 2 is 1.56 bits per heavy atom. The van der Waals surface area contributed by atoms with Gasteiger partial charge in [0, 0.05) is 12.1 Å². The number of carbonyl (C=O) groups is 1. The summed E-state index contributed by atoms with van der Waals surface area (Å²) in [6, 6.07) is 31.9. The summed E-state index contributed by atoms with van der Waals surface area (Å²) >= 11 is 0. The van der Waals surface area contributed by atoms with E-state index in [1.54, 1.807) is 22.6 Å². The minimum atomic E-state index is -0.526. The number of aryl methyl sites for hydroxylation is 1. The van der Waals surface area contributed by atoms with E-state index in [1.165, 1.54) is 5.56 Å². The maximum atomic E-state index is 14.2. The highest BCUT2D eigenvalue weighted by Crippen LogP contribution is 2.27. The van der Waals surface area contributed by atoms with E-state index >= 15 is 0 Å². The van der Waals surface area contributed by atoms with E-state index in [-0.39, 0.29) is 11.5 Å². The number of nitrogens with zero attached hydrogens (tertiary/aromatic N) is 3. The van der Waals surface area contributed by atoms with Crippen LogP contribution in [-0.4, -0.2) is 27.5 Å². The van der Waals surface area contributed by atoms with Crippen LogP contribution < -0.4 is 10.3 Å². The minimum Gasteiger partial charge on any atom is -0.497 e. The van der Waals surface area contributed by atoms with E-state index in [0.717, 1.165) is 24.8 Å². The number of unbranched alkanes of at least 4 members (excludes halogenated alkanes) is 1. The van der Waals surface area contributed by atoms with Gasteiger partial charge >= 0.3 is 0 Å². The highest BCUT2D eigenvalue weighted by atomic mass is 16.5. The van der Waals surface area contributed by atoms with Gasteiger partial charge in [0.05, 0.1) is 29.7 Å². The summed E-state index contributed by atoms with van der Waals surface area (Å²) in [5.41, 5.74) is 3.88. The van der Waals surface area contributed by atoms with Crippen LogP contribution in [0.2, 0.25) is 0 Å². The number of methoxy groups -OCH3 is 1. The lowest BCUT2D eigenvalue weighted by molar-refractivity contribution is 0.0664. The van der Waals surface area contributed by atoms with Crippen molar-refractivity contribution in [3.63, 3.8) is 0 Å². The number of carbonyl (C=O) groups excluding carboxylic acids is 1. The van der Waals surface area contributed by atoms with Crippen LogP contribution in [0.25, 0.3) is 16.6 Å². The Labute approximate surface area is 240 Å². The lowest BCUT2D eigenvalue weighted by atomic mass is 10.0. The molecule has 0 saturated heterocycles. The zero-order chi connectivity index (χ0) is 28.8. The van der Waals surface area contributed by atoms with Crippen LogP contribution in [-0.2, 0) is 13.0 Å². The van der Waals surface area contributed by atoms with Crippen molar-refractivity contribution in [2.24, 2.45) is 0 Å². The Morgan fingerprint density at radius 1 is 0.878 bits per heavy atom. The summed E-state index contributed by atoms with van der Waals surface area (Å²) in [5.74, 6) is 1.06. The summed E-state index contributed by atoms with van der Waals surface area (Å²) in [5, 5.41) is 0.517. The van der Waals surface area contributed by atoms with Crippen LogP contribution in [0.15, 0.2) is 108 Å². The summed E-state index contributed by atoms with van der Waals surface area (Å²) in [4.78, 5) is 34.9. The Morgan fingerprint density at radius 3 is 2.24 bits per heavy atom. The van der Waals surface area contributed by atoms with E-state index in [9.17, 15) is 9.59 Å². The van der Waals surface area contributed by atoms with Crippen molar-refractivity contribution in [2.45, 2.75) is 45.7 Å². The average Bonchev–Trinajstić information content (AvgIpc) is 3.03. The predicted molar refractivity (Wildman–Crippen MR) is 164 cm³/mol. The van der Waals surface area contributed by atoms with Crippen LogP contribution in [0.3, 0.4) is 0 Å². The third-order valence-electron chi connectivity index (χ3n) is 7.45. The van der Waals surface area contributed by atoms with Gasteiger partial charge in [0.2, 0.25) is 0 Å². The van der Waals surface area contributed by atoms with Gasteiger partial charge in [-0.25, -0.2) is 4.98 Å². The molecule has 5 aromatic rings. The zero-order valence-electron chi connectivity index (χ0n) is 23.8. The van der Waals surface area contributed by atoms with Gasteiger partial charge in [-0.2, -0.15) is 0 Å². The fourth-order valence-electron chi connectivity index (χ4n) is 5.08. The molecule has 0 aliphatic heterocycles. The number of ether oxygens (including phenoxy) is 1. The fraction of sp³-hybridized carbons (Fsp3) is 0.229. The first-order valence-corrected chi connectivity index (χ1v) is 14.1. The molecule has 0 fully saturated rings. The lowest BCUT2D eigenvalue weighted by Gasteiger charge is -2.31. The molecule has 5 rings (SSSR count). The highest BCUT2D eigenvalue weighted by molar-refractivity contribution is 5.94. The van der Waals surface area contributed by atoms with Gasteiger partial charge in [-0.05, 0) is 79.4 Å². The van der Waals surface area contributed by atoms with Gasteiger partial charge in [0.15, 0.2) is 0 Å². The standard InChI is InChI=1S/C35H35N3O3/c1-4-5-11-26-16-18-28(19-17-26)34(39)37(24-27-12-7-6-8-13-27)25(2)33-36-32-15-10-9-14-31(32)35(40)38(33)29-20-22-30(41-3)23-21-29/h6-10,12-23,25H,4-5,11,24H2,1-3H3. The molecule has 6 heteroatoms. The minimum absolute atomic E-state index is 0.118. The maximum absolute atomic E-state index is 14.2. The number of para-hydroxylation sites is 1. The molecule has 41 heavy (non-hydrogen) atoms. The number of hydrogen-bond donors (Lipinski definition) is 0. The molecule has 0 spiro atoms. The third kappa shape index (κ3) is 6.07. The molecule has 0 aliphatic carbocycles. The second-order valence-corrected chi connectivity index (χ2v) is 10.2. The van der Waals surface area contributed by atoms with Gasteiger partial charge < -0.3 is 9.64 Å². The molecule has 0 N–H and O–H groups in total. The first-order valence-electron chi connectivity index (χ1n) is 14.1. The van der Waals surface area contributed by atoms with Crippen molar-refractivity contribution in [1.82, 2.24) is 14.5 Å². The topological polar surface area (TPSA) is 64.4 Å². The van der Waals surface area contributed by atoms with Crippen LogP contribution in [0.4, 0.5) is 0 Å². The van der Waals surface area contributed by atoms with E-state index in [2.05, 4.69) is 6.92 Å². The summed E-state index contributed by atoms with van der Waals surface area (Å²) in [6.45, 7) is 4.48. The van der Waals surface area contributed by atoms with Gasteiger partial charge in [-0.3, -0.25) is 14.2 Å². The third-order valence-corrected chi connectivity index (χ3v) is 7.45. The van der Waals surface area contributed by atoms with Crippen molar-refractivity contribution in [3.8, 4) is 11.4 Å². The molecule has 0 bridgehead atoms. The molecule has 1 amide bonds. The van der Waals surface area contributed by atoms with Crippen LogP contribution in [0.5, 0.6) is 5.75 Å². The Balaban J connectivity index is 1.63. The van der Waals surface area contributed by atoms with Crippen LogP contribution >= 0.6 is 0 Å². The number of fused-ring (bicyclic) bond motifs is 1.